The fraction of sp³-hybridized carbons (Fsp3) is 0.391. The zero-order valence-electron chi connectivity index (χ0n) is 19.5. The first-order chi connectivity index (χ1) is 17.8. The van der Waals surface area contributed by atoms with E-state index in [0.29, 0.717) is 12.3 Å². The van der Waals surface area contributed by atoms with Crippen molar-refractivity contribution in [2.24, 2.45) is 15.2 Å². The van der Waals surface area contributed by atoms with Crippen LogP contribution in [0.5, 0.6) is 0 Å². The van der Waals surface area contributed by atoms with Gasteiger partial charge >= 0.3 is 12.1 Å². The van der Waals surface area contributed by atoms with Gasteiger partial charge in [-0.15, -0.1) is 10.2 Å². The number of alkyl halides is 3. The molecule has 6 rings (SSSR count). The Bertz CT molecular complexity index is 1320. The van der Waals surface area contributed by atoms with E-state index in [2.05, 4.69) is 30.3 Å². The van der Waals surface area contributed by atoms with Crippen LogP contribution in [0.2, 0.25) is 0 Å². The van der Waals surface area contributed by atoms with Gasteiger partial charge in [0.15, 0.2) is 5.84 Å². The third kappa shape index (κ3) is 4.01. The topological polar surface area (TPSA) is 121 Å². The van der Waals surface area contributed by atoms with Gasteiger partial charge < -0.3 is 14.5 Å². The number of hydrogen-bond acceptors (Lipinski definition) is 10. The molecule has 1 N–H and O–H groups in total. The lowest BCUT2D eigenvalue weighted by atomic mass is 9.88. The van der Waals surface area contributed by atoms with Crippen molar-refractivity contribution in [3.8, 4) is 0 Å². The maximum absolute atomic E-state index is 12.9. The number of carbonyl (C=O) groups is 1. The number of ether oxygens (including phenoxy) is 1. The van der Waals surface area contributed by atoms with Gasteiger partial charge in [-0.3, -0.25) is 15.1 Å². The molecule has 14 heteroatoms. The van der Waals surface area contributed by atoms with Crippen LogP contribution in [0, 0.1) is 0 Å². The molecule has 0 spiro atoms. The van der Waals surface area contributed by atoms with Crippen LogP contribution in [0.15, 0.2) is 75.1 Å². The van der Waals surface area contributed by atoms with Gasteiger partial charge in [0.05, 0.1) is 48.9 Å². The Balaban J connectivity index is 1.39. The summed E-state index contributed by atoms with van der Waals surface area (Å²) in [5, 5.41) is 16.4. The molecule has 0 saturated carbocycles. The third-order valence-electron chi connectivity index (χ3n) is 6.83. The van der Waals surface area contributed by atoms with Crippen LogP contribution >= 0.6 is 0 Å². The first-order valence-corrected chi connectivity index (χ1v) is 11.6. The molecular weight excluding hydrogens is 493 g/mol. The molecule has 11 nitrogen and oxygen atoms in total. The molecule has 4 atom stereocenters. The van der Waals surface area contributed by atoms with Gasteiger partial charge in [-0.2, -0.15) is 23.4 Å². The molecule has 2 aromatic heterocycles. The fourth-order valence-corrected chi connectivity index (χ4v) is 5.21. The number of morpholine rings is 1. The Morgan fingerprint density at radius 1 is 1.27 bits per heavy atom. The molecule has 1 fully saturated rings. The summed E-state index contributed by atoms with van der Waals surface area (Å²) in [6, 6.07) is 4.19. The number of H-pyrrole nitrogens is 1. The number of rotatable bonds is 4. The third-order valence-corrected chi connectivity index (χ3v) is 6.83. The lowest BCUT2D eigenvalue weighted by Crippen LogP contribution is -2.55. The summed E-state index contributed by atoms with van der Waals surface area (Å²) in [6.45, 7) is 1.71. The molecule has 0 unspecified atom stereocenters. The largest absolute Gasteiger partial charge is 0.492 e. The highest BCUT2D eigenvalue weighted by atomic mass is 19.4. The molecule has 4 aliphatic rings. The van der Waals surface area contributed by atoms with Crippen molar-refractivity contribution in [3.05, 3.63) is 65.4 Å². The Hall–Kier alpha value is -3.91. The molecule has 4 aliphatic heterocycles. The number of nitrogens with zero attached hydrogens (tertiary/aromatic N) is 7. The van der Waals surface area contributed by atoms with E-state index in [1.54, 1.807) is 31.7 Å². The van der Waals surface area contributed by atoms with E-state index < -0.39 is 30.3 Å². The standard InChI is InChI=1S/C23H21F3N8O3/c1-12-20(36-8-7-33(12)37-22(35)23(24,25)26)18-14-9-16(13-3-2-5-27-10-13)34(17-4-6-28-31-17)19(14)15-11-29-32-21(15)30-18/h2-6,10-12,16,18,20H,7-9H2,1H3,(H,28,31)/t12-,16-,18-,20+/m1/s1. The highest BCUT2D eigenvalue weighted by molar-refractivity contribution is 6.06. The molecule has 2 aromatic rings. The maximum atomic E-state index is 12.9. The SMILES string of the molecule is C[C@@H]1[C@@H]([C@@H]2N=C3N=NC=C3C3=C2C[C@H](c2cccnc2)N3c2ccn[nH]2)OCCN1OC(=O)C(F)(F)F. The van der Waals surface area contributed by atoms with Gasteiger partial charge in [0.1, 0.15) is 18.0 Å². The van der Waals surface area contributed by atoms with Crippen LogP contribution in [0.4, 0.5) is 19.0 Å². The number of halogens is 3. The quantitative estimate of drug-likeness (QED) is 0.665. The zero-order valence-corrected chi connectivity index (χ0v) is 19.5. The Labute approximate surface area is 208 Å². The predicted molar refractivity (Wildman–Crippen MR) is 122 cm³/mol. The minimum absolute atomic E-state index is 0.00186. The lowest BCUT2D eigenvalue weighted by molar-refractivity contribution is -0.266. The van der Waals surface area contributed by atoms with E-state index in [0.717, 1.165) is 33.3 Å². The van der Waals surface area contributed by atoms with E-state index in [4.69, 9.17) is 14.6 Å². The van der Waals surface area contributed by atoms with Gasteiger partial charge in [-0.1, -0.05) is 6.07 Å². The summed E-state index contributed by atoms with van der Waals surface area (Å²) < 4.78 is 44.7. The van der Waals surface area contributed by atoms with Crippen LogP contribution in [0.3, 0.4) is 0 Å². The molecule has 6 heterocycles. The van der Waals surface area contributed by atoms with Gasteiger partial charge in [-0.25, -0.2) is 4.79 Å². The van der Waals surface area contributed by atoms with Gasteiger partial charge in [0, 0.05) is 18.5 Å². The smallest absolute Gasteiger partial charge is 0.372 e. The monoisotopic (exact) mass is 514 g/mol. The Morgan fingerprint density at radius 3 is 2.86 bits per heavy atom. The summed E-state index contributed by atoms with van der Waals surface area (Å²) in [4.78, 5) is 27.4. The van der Waals surface area contributed by atoms with Crippen LogP contribution in [0.25, 0.3) is 0 Å². The number of pyridine rings is 1. The van der Waals surface area contributed by atoms with E-state index in [1.807, 2.05) is 18.2 Å². The fourth-order valence-electron chi connectivity index (χ4n) is 5.21. The van der Waals surface area contributed by atoms with Crippen molar-refractivity contribution >= 4 is 17.6 Å². The molecule has 37 heavy (non-hydrogen) atoms. The van der Waals surface area contributed by atoms with Crippen LogP contribution in [-0.2, 0) is 14.4 Å². The van der Waals surface area contributed by atoms with Gasteiger partial charge in [-0.05, 0) is 30.5 Å². The highest BCUT2D eigenvalue weighted by Crippen LogP contribution is 2.49. The summed E-state index contributed by atoms with van der Waals surface area (Å²) in [5.74, 6) is -1.13. The van der Waals surface area contributed by atoms with Crippen molar-refractivity contribution in [1.82, 2.24) is 20.2 Å². The maximum Gasteiger partial charge on any atom is 0.492 e. The van der Waals surface area contributed by atoms with Crippen molar-refractivity contribution in [2.45, 2.75) is 43.8 Å². The number of nitrogens with one attached hydrogen (secondary N) is 1. The summed E-state index contributed by atoms with van der Waals surface area (Å²) >= 11 is 0. The molecule has 0 bridgehead atoms. The van der Waals surface area contributed by atoms with Crippen LogP contribution in [-0.4, -0.2) is 69.6 Å². The number of azo groups is 1. The van der Waals surface area contributed by atoms with E-state index >= 15 is 0 Å². The summed E-state index contributed by atoms with van der Waals surface area (Å²) in [6.07, 6.45) is 1.50. The number of aromatic amines is 1. The van der Waals surface area contributed by atoms with Gasteiger partial charge in [0.25, 0.3) is 0 Å². The second-order valence-electron chi connectivity index (χ2n) is 8.94. The summed E-state index contributed by atoms with van der Waals surface area (Å²) in [7, 11) is 0. The second kappa shape index (κ2) is 8.88. The molecule has 0 aliphatic carbocycles. The molecule has 192 valence electrons. The van der Waals surface area contributed by atoms with Crippen molar-refractivity contribution in [2.75, 3.05) is 18.1 Å². The number of carbonyl (C=O) groups excluding carboxylic acids is 1. The predicted octanol–water partition coefficient (Wildman–Crippen LogP) is 3.25. The number of aliphatic imine (C=N–C) groups is 1. The lowest BCUT2D eigenvalue weighted by Gasteiger charge is -2.41. The number of fused-ring (bicyclic) bond motifs is 2. The van der Waals surface area contributed by atoms with Crippen LogP contribution in [0.1, 0.15) is 24.9 Å². The molecular formula is C23H21F3N8O3. The Kier molecular flexibility index (Phi) is 5.64. The van der Waals surface area contributed by atoms with Crippen molar-refractivity contribution < 1.29 is 27.5 Å². The van der Waals surface area contributed by atoms with Crippen molar-refractivity contribution in [3.63, 3.8) is 0 Å². The number of anilines is 1. The number of hydroxylamine groups is 2. The molecule has 0 radical (unpaired) electrons. The average Bonchev–Trinajstić information content (AvgIpc) is 3.63. The molecule has 0 amide bonds. The van der Waals surface area contributed by atoms with E-state index in [9.17, 15) is 18.0 Å². The van der Waals surface area contributed by atoms with Gasteiger partial charge in [0.2, 0.25) is 0 Å². The first-order valence-electron chi connectivity index (χ1n) is 11.6. The first kappa shape index (κ1) is 23.5. The van der Waals surface area contributed by atoms with E-state index in [1.165, 1.54) is 0 Å². The molecule has 0 aromatic carbocycles. The second-order valence-corrected chi connectivity index (χ2v) is 8.94. The minimum atomic E-state index is -5.11. The number of aromatic nitrogens is 3. The average molecular weight is 514 g/mol. The van der Waals surface area contributed by atoms with Crippen molar-refractivity contribution in [1.29, 1.82) is 0 Å². The minimum Gasteiger partial charge on any atom is -0.372 e. The highest BCUT2D eigenvalue weighted by Gasteiger charge is 2.50. The zero-order chi connectivity index (χ0) is 25.7. The summed E-state index contributed by atoms with van der Waals surface area (Å²) in [5.41, 5.74) is 3.43. The Morgan fingerprint density at radius 2 is 2.14 bits per heavy atom. The number of amidine groups is 1. The van der Waals surface area contributed by atoms with E-state index in [-0.39, 0.29) is 19.2 Å². The number of hydrogen-bond donors (Lipinski definition) is 1. The molecule has 1 saturated heterocycles. The number of dihydropyridines is 1. The van der Waals surface area contributed by atoms with Crippen LogP contribution < -0.4 is 4.90 Å². The normalized spacial score (nSPS) is 27.6.